The molecule has 2 aromatic carbocycles. The fourth-order valence-corrected chi connectivity index (χ4v) is 6.50. The van der Waals surface area contributed by atoms with Crippen LogP contribution >= 0.6 is 11.3 Å². The Morgan fingerprint density at radius 2 is 1.78 bits per heavy atom. The van der Waals surface area contributed by atoms with Crippen LogP contribution < -0.4 is 14.4 Å². The number of anilines is 1. The topological polar surface area (TPSA) is 68.7 Å². The second-order valence-corrected chi connectivity index (χ2v) is 10.4. The highest BCUT2D eigenvalue weighted by molar-refractivity contribution is 7.92. The van der Waals surface area contributed by atoms with Crippen LogP contribution in [0.3, 0.4) is 0 Å². The first kappa shape index (κ1) is 22.5. The summed E-state index contributed by atoms with van der Waals surface area (Å²) in [5, 5.41) is 1.97. The fraction of sp³-hybridized carbons (Fsp3) is 0.318. The standard InChI is InChI=1S/C22H22F2N2O4S2/c1-29-15-4-6-21(20(12-15)30-2)32(27,28)16-7-9-26(10-8-16)22-25-19(13-31-22)14-3-5-17(23)18(24)11-14/h3-6,11-13,16H,7-10H2,1-2H3. The summed E-state index contributed by atoms with van der Waals surface area (Å²) in [6.07, 6.45) is 0.884. The molecule has 0 bridgehead atoms. The molecular weight excluding hydrogens is 458 g/mol. The molecule has 170 valence electrons. The molecule has 10 heteroatoms. The highest BCUT2D eigenvalue weighted by Gasteiger charge is 2.34. The number of methoxy groups -OCH3 is 2. The van der Waals surface area contributed by atoms with Crippen LogP contribution in [0.25, 0.3) is 11.3 Å². The number of halogens is 2. The van der Waals surface area contributed by atoms with Crippen LogP contribution in [-0.4, -0.2) is 46.0 Å². The molecule has 4 rings (SSSR count). The molecule has 1 aliphatic rings. The van der Waals surface area contributed by atoms with Crippen LogP contribution in [0.2, 0.25) is 0 Å². The quantitative estimate of drug-likeness (QED) is 0.516. The molecule has 1 saturated heterocycles. The van der Waals surface area contributed by atoms with E-state index in [1.54, 1.807) is 17.5 Å². The van der Waals surface area contributed by atoms with Crippen LogP contribution in [0.5, 0.6) is 11.5 Å². The number of ether oxygens (including phenoxy) is 2. The van der Waals surface area contributed by atoms with Gasteiger partial charge >= 0.3 is 0 Å². The van der Waals surface area contributed by atoms with Gasteiger partial charge in [0.2, 0.25) is 0 Å². The summed E-state index contributed by atoms with van der Waals surface area (Å²) in [5.74, 6) is -1.03. The van der Waals surface area contributed by atoms with Gasteiger partial charge in [-0.15, -0.1) is 11.3 Å². The number of thiazole rings is 1. The smallest absolute Gasteiger partial charge is 0.185 e. The van der Waals surface area contributed by atoms with Gasteiger partial charge in [-0.1, -0.05) is 0 Å². The molecule has 0 atom stereocenters. The van der Waals surface area contributed by atoms with E-state index in [0.717, 1.165) is 17.3 Å². The highest BCUT2D eigenvalue weighted by Crippen LogP contribution is 2.35. The zero-order valence-electron chi connectivity index (χ0n) is 17.5. The minimum Gasteiger partial charge on any atom is -0.497 e. The molecule has 0 amide bonds. The van der Waals surface area contributed by atoms with Gasteiger partial charge in [0, 0.05) is 30.1 Å². The van der Waals surface area contributed by atoms with Crippen molar-refractivity contribution in [1.29, 1.82) is 0 Å². The molecule has 0 saturated carbocycles. The number of hydrogen-bond donors (Lipinski definition) is 0. The Bertz CT molecular complexity index is 1220. The van der Waals surface area contributed by atoms with Gasteiger partial charge in [-0.3, -0.25) is 0 Å². The SMILES string of the molecule is COc1ccc(S(=O)(=O)C2CCN(c3nc(-c4ccc(F)c(F)c4)cs3)CC2)c(OC)c1. The molecule has 3 aromatic rings. The Hall–Kier alpha value is -2.72. The van der Waals surface area contributed by atoms with Crippen LogP contribution in [0, 0.1) is 11.6 Å². The van der Waals surface area contributed by atoms with Crippen LogP contribution in [0.4, 0.5) is 13.9 Å². The molecule has 0 spiro atoms. The number of piperidine rings is 1. The second kappa shape index (κ2) is 9.03. The molecule has 32 heavy (non-hydrogen) atoms. The lowest BCUT2D eigenvalue weighted by Crippen LogP contribution is -2.39. The third kappa shape index (κ3) is 4.29. The molecule has 1 aromatic heterocycles. The maximum atomic E-state index is 13.5. The maximum Gasteiger partial charge on any atom is 0.185 e. The average molecular weight is 481 g/mol. The summed E-state index contributed by atoms with van der Waals surface area (Å²) >= 11 is 1.39. The van der Waals surface area contributed by atoms with Crippen molar-refractivity contribution in [2.24, 2.45) is 0 Å². The third-order valence-corrected chi connectivity index (χ3v) is 8.74. The van der Waals surface area contributed by atoms with E-state index < -0.39 is 26.7 Å². The van der Waals surface area contributed by atoms with Crippen molar-refractivity contribution in [2.75, 3.05) is 32.2 Å². The third-order valence-electron chi connectivity index (χ3n) is 5.54. The van der Waals surface area contributed by atoms with Gasteiger partial charge in [0.1, 0.15) is 16.4 Å². The zero-order valence-corrected chi connectivity index (χ0v) is 19.2. The van der Waals surface area contributed by atoms with Gasteiger partial charge in [0.05, 0.1) is 25.2 Å². The lowest BCUT2D eigenvalue weighted by Gasteiger charge is -2.31. The van der Waals surface area contributed by atoms with E-state index in [0.29, 0.717) is 42.9 Å². The molecule has 0 aliphatic carbocycles. The molecule has 2 heterocycles. The van der Waals surface area contributed by atoms with E-state index in [1.165, 1.54) is 37.7 Å². The van der Waals surface area contributed by atoms with Crippen molar-refractivity contribution in [3.8, 4) is 22.8 Å². The number of hydrogen-bond acceptors (Lipinski definition) is 7. The number of rotatable bonds is 6. The van der Waals surface area contributed by atoms with Crippen molar-refractivity contribution in [3.05, 3.63) is 53.4 Å². The monoisotopic (exact) mass is 480 g/mol. The minimum atomic E-state index is -3.58. The van der Waals surface area contributed by atoms with Gasteiger partial charge < -0.3 is 14.4 Å². The van der Waals surface area contributed by atoms with E-state index in [4.69, 9.17) is 9.47 Å². The first-order valence-electron chi connectivity index (χ1n) is 9.95. The Balaban J connectivity index is 1.48. The summed E-state index contributed by atoms with van der Waals surface area (Å²) < 4.78 is 63.6. The molecule has 0 N–H and O–H groups in total. The first-order valence-corrected chi connectivity index (χ1v) is 12.4. The lowest BCUT2D eigenvalue weighted by molar-refractivity contribution is 0.385. The fourth-order valence-electron chi connectivity index (χ4n) is 3.74. The molecular formula is C22H22F2N2O4S2. The van der Waals surface area contributed by atoms with Crippen molar-refractivity contribution < 1.29 is 26.7 Å². The average Bonchev–Trinajstić information content (AvgIpc) is 3.30. The normalized spacial score (nSPS) is 15.1. The summed E-state index contributed by atoms with van der Waals surface area (Å²) in [5.41, 5.74) is 1.05. The van der Waals surface area contributed by atoms with E-state index in [2.05, 4.69) is 4.98 Å². The van der Waals surface area contributed by atoms with Crippen molar-refractivity contribution in [1.82, 2.24) is 4.98 Å². The van der Waals surface area contributed by atoms with Gasteiger partial charge in [0.25, 0.3) is 0 Å². The van der Waals surface area contributed by atoms with E-state index in [1.807, 2.05) is 4.90 Å². The summed E-state index contributed by atoms with van der Waals surface area (Å²) in [4.78, 5) is 6.72. The number of sulfone groups is 1. The van der Waals surface area contributed by atoms with E-state index in [9.17, 15) is 17.2 Å². The van der Waals surface area contributed by atoms with Crippen molar-refractivity contribution in [3.63, 3.8) is 0 Å². The van der Waals surface area contributed by atoms with Gasteiger partial charge in [-0.2, -0.15) is 0 Å². The van der Waals surface area contributed by atoms with Gasteiger partial charge in [0.15, 0.2) is 26.6 Å². The number of nitrogens with zero attached hydrogens (tertiary/aromatic N) is 2. The molecule has 6 nitrogen and oxygen atoms in total. The van der Waals surface area contributed by atoms with Crippen LogP contribution in [0.15, 0.2) is 46.7 Å². The Morgan fingerprint density at radius 3 is 2.44 bits per heavy atom. The van der Waals surface area contributed by atoms with E-state index in [-0.39, 0.29) is 10.6 Å². The molecule has 0 radical (unpaired) electrons. The predicted molar refractivity (Wildman–Crippen MR) is 119 cm³/mol. The zero-order chi connectivity index (χ0) is 22.9. The first-order chi connectivity index (χ1) is 15.3. The summed E-state index contributed by atoms with van der Waals surface area (Å²) in [6, 6.07) is 8.38. The van der Waals surface area contributed by atoms with Gasteiger partial charge in [-0.25, -0.2) is 22.2 Å². The van der Waals surface area contributed by atoms with Crippen LogP contribution in [-0.2, 0) is 9.84 Å². The molecule has 0 unspecified atom stereocenters. The summed E-state index contributed by atoms with van der Waals surface area (Å²) in [6.45, 7) is 1.04. The minimum absolute atomic E-state index is 0.161. The lowest BCUT2D eigenvalue weighted by atomic mass is 10.1. The van der Waals surface area contributed by atoms with E-state index >= 15 is 0 Å². The Morgan fingerprint density at radius 1 is 1.03 bits per heavy atom. The molecule has 1 aliphatic heterocycles. The van der Waals surface area contributed by atoms with Gasteiger partial charge in [-0.05, 0) is 43.2 Å². The largest absolute Gasteiger partial charge is 0.497 e. The molecule has 1 fully saturated rings. The van der Waals surface area contributed by atoms with Crippen molar-refractivity contribution >= 4 is 26.3 Å². The summed E-state index contributed by atoms with van der Waals surface area (Å²) in [7, 11) is -0.640. The number of aromatic nitrogens is 1. The Kier molecular flexibility index (Phi) is 6.34. The Labute approximate surface area is 189 Å². The maximum absolute atomic E-state index is 13.5. The van der Waals surface area contributed by atoms with Crippen molar-refractivity contribution in [2.45, 2.75) is 23.0 Å². The highest BCUT2D eigenvalue weighted by atomic mass is 32.2. The number of benzene rings is 2. The predicted octanol–water partition coefficient (Wildman–Crippen LogP) is 4.55. The second-order valence-electron chi connectivity index (χ2n) is 7.39. The van der Waals surface area contributed by atoms with Crippen LogP contribution in [0.1, 0.15) is 12.8 Å².